The lowest BCUT2D eigenvalue weighted by molar-refractivity contribution is 0.401. The highest BCUT2D eigenvalue weighted by atomic mass is 16.5. The molecule has 0 bridgehead atoms. The van der Waals surface area contributed by atoms with Crippen LogP contribution >= 0.6 is 0 Å². The molecule has 0 radical (unpaired) electrons. The minimum Gasteiger partial charge on any atom is -0.496 e. The van der Waals surface area contributed by atoms with Crippen LogP contribution in [0.15, 0.2) is 24.4 Å². The molecule has 4 heteroatoms. The number of hydrogen-bond acceptors (Lipinski definition) is 3. The number of nitrogens with zero attached hydrogens (tertiary/aromatic N) is 2. The molecule has 1 aromatic heterocycles. The number of rotatable bonds is 6. The number of nitrogens with one attached hydrogen (secondary N) is 1. The third kappa shape index (κ3) is 3.64. The Kier molecular flexibility index (Phi) is 5.02. The zero-order valence-electron chi connectivity index (χ0n) is 13.6. The summed E-state index contributed by atoms with van der Waals surface area (Å²) in [4.78, 5) is 0. The molecule has 0 aliphatic rings. The molecule has 2 aromatic rings. The maximum atomic E-state index is 5.49. The quantitative estimate of drug-likeness (QED) is 0.887. The van der Waals surface area contributed by atoms with Gasteiger partial charge in [-0.25, -0.2) is 0 Å². The first kappa shape index (κ1) is 15.6. The van der Waals surface area contributed by atoms with Crippen LogP contribution in [-0.2, 0) is 20.0 Å². The van der Waals surface area contributed by atoms with Gasteiger partial charge in [0.15, 0.2) is 0 Å². The average Bonchev–Trinajstić information content (AvgIpc) is 2.84. The molecule has 0 saturated heterocycles. The lowest BCUT2D eigenvalue weighted by Crippen LogP contribution is -2.19. The van der Waals surface area contributed by atoms with Gasteiger partial charge in [-0.2, -0.15) is 5.10 Å². The van der Waals surface area contributed by atoms with Gasteiger partial charge in [0.05, 0.1) is 12.8 Å². The zero-order chi connectivity index (χ0) is 15.4. The van der Waals surface area contributed by atoms with Gasteiger partial charge in [-0.3, -0.25) is 4.68 Å². The number of aromatic nitrogens is 2. The molecule has 0 fully saturated rings. The Morgan fingerprint density at radius 1 is 1.38 bits per heavy atom. The summed E-state index contributed by atoms with van der Waals surface area (Å²) >= 11 is 0. The fraction of sp³-hybridized carbons (Fsp3) is 0.471. The largest absolute Gasteiger partial charge is 0.496 e. The smallest absolute Gasteiger partial charge is 0.123 e. The third-order valence-electron chi connectivity index (χ3n) is 3.78. The molecule has 21 heavy (non-hydrogen) atoms. The third-order valence-corrected chi connectivity index (χ3v) is 3.78. The van der Waals surface area contributed by atoms with Crippen LogP contribution < -0.4 is 10.1 Å². The van der Waals surface area contributed by atoms with Crippen LogP contribution in [0, 0.1) is 6.92 Å². The minimum absolute atomic E-state index is 0.227. The first-order valence-corrected chi connectivity index (χ1v) is 7.44. The fourth-order valence-electron chi connectivity index (χ4n) is 2.58. The van der Waals surface area contributed by atoms with E-state index in [-0.39, 0.29) is 6.04 Å². The van der Waals surface area contributed by atoms with E-state index < -0.39 is 0 Å². The summed E-state index contributed by atoms with van der Waals surface area (Å²) in [5.74, 6) is 0.942. The van der Waals surface area contributed by atoms with E-state index in [1.807, 2.05) is 11.7 Å². The van der Waals surface area contributed by atoms with Crippen LogP contribution in [0.2, 0.25) is 0 Å². The molecule has 1 unspecified atom stereocenters. The van der Waals surface area contributed by atoms with Crippen molar-refractivity contribution < 1.29 is 4.74 Å². The Morgan fingerprint density at radius 2 is 2.14 bits per heavy atom. The zero-order valence-corrected chi connectivity index (χ0v) is 13.6. The first-order chi connectivity index (χ1) is 10.0. The molecule has 0 amide bonds. The maximum Gasteiger partial charge on any atom is 0.123 e. The molecule has 1 heterocycles. The van der Waals surface area contributed by atoms with Gasteiger partial charge in [0, 0.05) is 37.0 Å². The second kappa shape index (κ2) is 6.76. The van der Waals surface area contributed by atoms with Gasteiger partial charge in [-0.1, -0.05) is 19.1 Å². The van der Waals surface area contributed by atoms with Gasteiger partial charge in [0.2, 0.25) is 0 Å². The van der Waals surface area contributed by atoms with E-state index >= 15 is 0 Å². The SMILES string of the molecule is CCc1nn(C)cc1CNC(C)c1ccc(C)cc1OC. The number of hydrogen-bond donors (Lipinski definition) is 1. The number of ether oxygens (including phenoxy) is 1. The molecule has 114 valence electrons. The minimum atomic E-state index is 0.227. The van der Waals surface area contributed by atoms with Gasteiger partial charge in [-0.05, 0) is 31.9 Å². The van der Waals surface area contributed by atoms with E-state index in [1.165, 1.54) is 16.7 Å². The fourth-order valence-corrected chi connectivity index (χ4v) is 2.58. The second-order valence-corrected chi connectivity index (χ2v) is 5.48. The van der Waals surface area contributed by atoms with E-state index in [1.54, 1.807) is 7.11 Å². The highest BCUT2D eigenvalue weighted by Gasteiger charge is 2.13. The Bertz CT molecular complexity index is 604. The number of aryl methyl sites for hydroxylation is 3. The Morgan fingerprint density at radius 3 is 2.81 bits per heavy atom. The summed E-state index contributed by atoms with van der Waals surface area (Å²) in [6, 6.07) is 6.56. The van der Waals surface area contributed by atoms with Crippen LogP contribution in [-0.4, -0.2) is 16.9 Å². The van der Waals surface area contributed by atoms with Crippen molar-refractivity contribution in [3.8, 4) is 5.75 Å². The number of benzene rings is 1. The number of methoxy groups -OCH3 is 1. The van der Waals surface area contributed by atoms with Crippen molar-refractivity contribution >= 4 is 0 Å². The Labute approximate surface area is 127 Å². The van der Waals surface area contributed by atoms with Crippen molar-refractivity contribution in [2.75, 3.05) is 7.11 Å². The van der Waals surface area contributed by atoms with Crippen LogP contribution in [0.1, 0.15) is 42.3 Å². The molecule has 1 N–H and O–H groups in total. The van der Waals surface area contributed by atoms with Gasteiger partial charge < -0.3 is 10.1 Å². The normalized spacial score (nSPS) is 12.4. The van der Waals surface area contributed by atoms with Gasteiger partial charge in [0.25, 0.3) is 0 Å². The van der Waals surface area contributed by atoms with Gasteiger partial charge in [-0.15, -0.1) is 0 Å². The van der Waals surface area contributed by atoms with E-state index in [2.05, 4.69) is 55.6 Å². The summed E-state index contributed by atoms with van der Waals surface area (Å²) in [5, 5.41) is 8.04. The van der Waals surface area contributed by atoms with Gasteiger partial charge >= 0.3 is 0 Å². The molecular weight excluding hydrogens is 262 g/mol. The monoisotopic (exact) mass is 287 g/mol. The highest BCUT2D eigenvalue weighted by molar-refractivity contribution is 5.39. The van der Waals surface area contributed by atoms with Gasteiger partial charge in [0.1, 0.15) is 5.75 Å². The van der Waals surface area contributed by atoms with Crippen molar-refractivity contribution in [2.24, 2.45) is 7.05 Å². The van der Waals surface area contributed by atoms with Crippen molar-refractivity contribution in [3.05, 3.63) is 46.8 Å². The maximum absolute atomic E-state index is 5.49. The Hall–Kier alpha value is -1.81. The molecule has 1 atom stereocenters. The summed E-state index contributed by atoms with van der Waals surface area (Å²) in [5.41, 5.74) is 4.82. The summed E-state index contributed by atoms with van der Waals surface area (Å²) in [6.07, 6.45) is 3.05. The molecule has 1 aromatic carbocycles. The van der Waals surface area contributed by atoms with Crippen LogP contribution in [0.5, 0.6) is 5.75 Å². The first-order valence-electron chi connectivity index (χ1n) is 7.44. The predicted octanol–water partition coefficient (Wildman–Crippen LogP) is 3.15. The lowest BCUT2D eigenvalue weighted by atomic mass is 10.0. The van der Waals surface area contributed by atoms with E-state index in [0.29, 0.717) is 0 Å². The van der Waals surface area contributed by atoms with Crippen molar-refractivity contribution in [1.29, 1.82) is 0 Å². The van der Waals surface area contributed by atoms with Crippen molar-refractivity contribution in [2.45, 2.75) is 39.8 Å². The standard InChI is InChI=1S/C17H25N3O/c1-6-16-14(11-20(4)19-16)10-18-13(3)15-8-7-12(2)9-17(15)21-5/h7-9,11,13,18H,6,10H2,1-5H3. The molecule has 4 nitrogen and oxygen atoms in total. The predicted molar refractivity (Wildman–Crippen MR) is 85.6 cm³/mol. The molecule has 0 aliphatic carbocycles. The second-order valence-electron chi connectivity index (χ2n) is 5.48. The van der Waals surface area contributed by atoms with E-state index in [9.17, 15) is 0 Å². The summed E-state index contributed by atoms with van der Waals surface area (Å²) < 4.78 is 7.37. The average molecular weight is 287 g/mol. The van der Waals surface area contributed by atoms with Crippen molar-refractivity contribution in [3.63, 3.8) is 0 Å². The van der Waals surface area contributed by atoms with Crippen LogP contribution in [0.4, 0.5) is 0 Å². The van der Waals surface area contributed by atoms with Crippen LogP contribution in [0.3, 0.4) is 0 Å². The summed E-state index contributed by atoms with van der Waals surface area (Å²) in [7, 11) is 3.69. The van der Waals surface area contributed by atoms with Crippen molar-refractivity contribution in [1.82, 2.24) is 15.1 Å². The molecule has 0 aliphatic heterocycles. The van der Waals surface area contributed by atoms with Crippen LogP contribution in [0.25, 0.3) is 0 Å². The Balaban J connectivity index is 2.09. The molecular formula is C17H25N3O. The lowest BCUT2D eigenvalue weighted by Gasteiger charge is -2.17. The van der Waals surface area contributed by atoms with E-state index in [0.717, 1.165) is 24.4 Å². The molecule has 0 spiro atoms. The van der Waals surface area contributed by atoms with E-state index in [4.69, 9.17) is 4.74 Å². The highest BCUT2D eigenvalue weighted by Crippen LogP contribution is 2.26. The topological polar surface area (TPSA) is 39.1 Å². The molecule has 0 saturated carbocycles. The summed E-state index contributed by atoms with van der Waals surface area (Å²) in [6.45, 7) is 7.19. The molecule has 2 rings (SSSR count).